The van der Waals surface area contributed by atoms with Gasteiger partial charge in [-0.2, -0.15) is 0 Å². The zero-order valence-corrected chi connectivity index (χ0v) is 13.7. The number of nitrogens with one attached hydrogen (secondary N) is 2. The number of piperazine rings is 1. The van der Waals surface area contributed by atoms with Crippen LogP contribution in [0.15, 0.2) is 48.5 Å². The molecule has 1 fully saturated rings. The second kappa shape index (κ2) is 6.53. The second-order valence-electron chi connectivity index (χ2n) is 6.29. The average molecular weight is 322 g/mol. The average Bonchev–Trinajstić information content (AvgIpc) is 2.65. The van der Waals surface area contributed by atoms with E-state index in [1.165, 1.54) is 11.3 Å². The first-order valence-electron chi connectivity index (χ1n) is 8.48. The number of carbonyl (C=O) groups excluding carboxylic acids is 1. The van der Waals surface area contributed by atoms with Crippen molar-refractivity contribution in [1.82, 2.24) is 10.6 Å². The highest BCUT2D eigenvalue weighted by Crippen LogP contribution is 2.26. The summed E-state index contributed by atoms with van der Waals surface area (Å²) < 4.78 is 0. The third kappa shape index (κ3) is 2.95. The Balaban J connectivity index is 1.55. The highest BCUT2D eigenvalue weighted by molar-refractivity contribution is 6.01. The van der Waals surface area contributed by atoms with E-state index in [1.807, 2.05) is 24.3 Å². The van der Waals surface area contributed by atoms with Crippen molar-refractivity contribution in [2.75, 3.05) is 42.6 Å². The molecule has 0 bridgehead atoms. The number of carbonyl (C=O) groups is 1. The first-order chi connectivity index (χ1) is 11.8. The molecule has 1 saturated heterocycles. The molecular weight excluding hydrogens is 300 g/mol. The topological polar surface area (TPSA) is 47.6 Å². The molecule has 0 radical (unpaired) electrons. The number of rotatable bonds is 3. The Hall–Kier alpha value is -2.53. The van der Waals surface area contributed by atoms with Crippen LogP contribution < -0.4 is 20.4 Å². The Kier molecular flexibility index (Phi) is 4.09. The second-order valence-corrected chi connectivity index (χ2v) is 6.29. The van der Waals surface area contributed by atoms with E-state index in [4.69, 9.17) is 0 Å². The molecule has 2 aromatic rings. The summed E-state index contributed by atoms with van der Waals surface area (Å²) in [6, 6.07) is 16.5. The molecule has 2 aliphatic heterocycles. The highest BCUT2D eigenvalue weighted by atomic mass is 16.2. The maximum absolute atomic E-state index is 12.0. The quantitative estimate of drug-likeness (QED) is 0.905. The van der Waals surface area contributed by atoms with E-state index in [0.29, 0.717) is 6.67 Å². The van der Waals surface area contributed by atoms with E-state index in [0.717, 1.165) is 44.0 Å². The minimum absolute atomic E-state index is 0.0106. The molecule has 0 aromatic heterocycles. The number of benzene rings is 2. The van der Waals surface area contributed by atoms with Crippen LogP contribution in [-0.2, 0) is 6.54 Å². The Bertz CT molecular complexity index is 740. The molecule has 2 heterocycles. The van der Waals surface area contributed by atoms with Gasteiger partial charge in [-0.1, -0.05) is 24.3 Å². The minimum atomic E-state index is 0.0106. The normalized spacial score (nSPS) is 17.4. The number of hydrogen-bond acceptors (Lipinski definition) is 4. The smallest absolute Gasteiger partial charge is 0.254 e. The molecule has 2 N–H and O–H groups in total. The van der Waals surface area contributed by atoms with Gasteiger partial charge in [0.2, 0.25) is 0 Å². The number of nitrogens with zero attached hydrogens (tertiary/aromatic N) is 2. The summed E-state index contributed by atoms with van der Waals surface area (Å²) in [5, 5.41) is 6.34. The van der Waals surface area contributed by atoms with Gasteiger partial charge in [0.25, 0.3) is 5.91 Å². The lowest BCUT2D eigenvalue weighted by molar-refractivity contribution is 0.0947. The Morgan fingerprint density at radius 3 is 2.71 bits per heavy atom. The van der Waals surface area contributed by atoms with Crippen LogP contribution in [0.2, 0.25) is 0 Å². The summed E-state index contributed by atoms with van der Waals surface area (Å²) in [5.41, 5.74) is 4.30. The number of para-hydroxylation sites is 1. The van der Waals surface area contributed by atoms with Crippen molar-refractivity contribution in [2.45, 2.75) is 6.54 Å². The standard InChI is InChI=1S/C19H22N4O/c24-19-17-6-1-2-7-18(17)23(14-21-19)13-15-4-3-5-16(12-15)22-10-8-20-9-11-22/h1-7,12,20H,8-11,13-14H2,(H,21,24). The number of hydrogen-bond donors (Lipinski definition) is 2. The van der Waals surface area contributed by atoms with Crippen molar-refractivity contribution < 1.29 is 4.79 Å². The largest absolute Gasteiger partial charge is 0.369 e. The van der Waals surface area contributed by atoms with Gasteiger partial charge in [-0.05, 0) is 29.8 Å². The number of anilines is 2. The van der Waals surface area contributed by atoms with Gasteiger partial charge in [0.15, 0.2) is 0 Å². The fourth-order valence-electron chi connectivity index (χ4n) is 3.43. The predicted octanol–water partition coefficient (Wildman–Crippen LogP) is 1.80. The van der Waals surface area contributed by atoms with Gasteiger partial charge in [0.05, 0.1) is 17.9 Å². The van der Waals surface area contributed by atoms with Crippen molar-refractivity contribution in [3.63, 3.8) is 0 Å². The first kappa shape index (κ1) is 15.0. The fraction of sp³-hybridized carbons (Fsp3) is 0.316. The number of amides is 1. The van der Waals surface area contributed by atoms with E-state index >= 15 is 0 Å². The Labute approximate surface area is 142 Å². The maximum atomic E-state index is 12.0. The molecule has 0 aliphatic carbocycles. The zero-order valence-electron chi connectivity index (χ0n) is 13.7. The number of fused-ring (bicyclic) bond motifs is 1. The Morgan fingerprint density at radius 2 is 1.83 bits per heavy atom. The summed E-state index contributed by atoms with van der Waals surface area (Å²) in [6.45, 7) is 5.51. The SMILES string of the molecule is O=C1NCN(Cc2cccc(N3CCNCC3)c2)c2ccccc21. The van der Waals surface area contributed by atoms with Crippen molar-refractivity contribution in [3.8, 4) is 0 Å². The van der Waals surface area contributed by atoms with Crippen LogP contribution in [-0.4, -0.2) is 38.8 Å². The molecule has 5 nitrogen and oxygen atoms in total. The minimum Gasteiger partial charge on any atom is -0.369 e. The van der Waals surface area contributed by atoms with Crippen molar-refractivity contribution in [3.05, 3.63) is 59.7 Å². The van der Waals surface area contributed by atoms with Crippen LogP contribution in [0.3, 0.4) is 0 Å². The van der Waals surface area contributed by atoms with Crippen molar-refractivity contribution in [1.29, 1.82) is 0 Å². The molecule has 0 saturated carbocycles. The fourth-order valence-corrected chi connectivity index (χ4v) is 3.43. The molecule has 0 unspecified atom stereocenters. The summed E-state index contributed by atoms with van der Waals surface area (Å²) >= 11 is 0. The van der Waals surface area contributed by atoms with Crippen molar-refractivity contribution in [2.24, 2.45) is 0 Å². The molecule has 0 spiro atoms. The van der Waals surface area contributed by atoms with E-state index in [-0.39, 0.29) is 5.91 Å². The predicted molar refractivity (Wildman–Crippen MR) is 96.5 cm³/mol. The maximum Gasteiger partial charge on any atom is 0.254 e. The van der Waals surface area contributed by atoms with Gasteiger partial charge in [-0.15, -0.1) is 0 Å². The van der Waals surface area contributed by atoms with Crippen LogP contribution in [0.1, 0.15) is 15.9 Å². The van der Waals surface area contributed by atoms with Crippen LogP contribution in [0.25, 0.3) is 0 Å². The summed E-state index contributed by atoms with van der Waals surface area (Å²) in [5.74, 6) is 0.0106. The van der Waals surface area contributed by atoms with Gasteiger partial charge < -0.3 is 20.4 Å². The summed E-state index contributed by atoms with van der Waals surface area (Å²) in [6.07, 6.45) is 0. The van der Waals surface area contributed by atoms with Gasteiger partial charge >= 0.3 is 0 Å². The van der Waals surface area contributed by atoms with Crippen LogP contribution in [0.4, 0.5) is 11.4 Å². The van der Waals surface area contributed by atoms with Gasteiger partial charge in [-0.3, -0.25) is 4.79 Å². The van der Waals surface area contributed by atoms with Crippen LogP contribution in [0.5, 0.6) is 0 Å². The van der Waals surface area contributed by atoms with E-state index < -0.39 is 0 Å². The van der Waals surface area contributed by atoms with Crippen LogP contribution >= 0.6 is 0 Å². The third-order valence-corrected chi connectivity index (χ3v) is 4.69. The monoisotopic (exact) mass is 322 g/mol. The first-order valence-corrected chi connectivity index (χ1v) is 8.48. The third-order valence-electron chi connectivity index (χ3n) is 4.69. The lowest BCUT2D eigenvalue weighted by Crippen LogP contribution is -2.44. The molecule has 5 heteroatoms. The Morgan fingerprint density at radius 1 is 1.00 bits per heavy atom. The summed E-state index contributed by atoms with van der Waals surface area (Å²) in [7, 11) is 0. The summed E-state index contributed by atoms with van der Waals surface area (Å²) in [4.78, 5) is 16.6. The molecule has 0 atom stereocenters. The molecule has 2 aromatic carbocycles. The van der Waals surface area contributed by atoms with Gasteiger partial charge in [-0.25, -0.2) is 0 Å². The van der Waals surface area contributed by atoms with E-state index in [1.54, 1.807) is 0 Å². The molecule has 4 rings (SSSR count). The van der Waals surface area contributed by atoms with Crippen molar-refractivity contribution >= 4 is 17.3 Å². The molecule has 124 valence electrons. The molecule has 24 heavy (non-hydrogen) atoms. The molecular formula is C19H22N4O. The lowest BCUT2D eigenvalue weighted by atomic mass is 10.1. The van der Waals surface area contributed by atoms with Gasteiger partial charge in [0.1, 0.15) is 0 Å². The highest BCUT2D eigenvalue weighted by Gasteiger charge is 2.22. The van der Waals surface area contributed by atoms with Crippen LogP contribution in [0, 0.1) is 0 Å². The molecule has 2 aliphatic rings. The molecule has 1 amide bonds. The van der Waals surface area contributed by atoms with E-state index in [2.05, 4.69) is 44.7 Å². The van der Waals surface area contributed by atoms with E-state index in [9.17, 15) is 4.79 Å². The zero-order chi connectivity index (χ0) is 16.4. The lowest BCUT2D eigenvalue weighted by Gasteiger charge is -2.32. The van der Waals surface area contributed by atoms with Gasteiger partial charge in [0, 0.05) is 38.4 Å².